The van der Waals surface area contributed by atoms with Crippen molar-refractivity contribution in [1.29, 1.82) is 0 Å². The van der Waals surface area contributed by atoms with Crippen LogP contribution in [0.5, 0.6) is 0 Å². The van der Waals surface area contributed by atoms with E-state index >= 15 is 0 Å². The minimum absolute atomic E-state index is 0.183. The number of halogens is 2. The van der Waals surface area contributed by atoms with Crippen LogP contribution >= 0.6 is 38.9 Å². The first kappa shape index (κ1) is 12.2. The van der Waals surface area contributed by atoms with Gasteiger partial charge in [-0.1, -0.05) is 39.7 Å². The van der Waals surface area contributed by atoms with E-state index in [0.717, 1.165) is 21.3 Å². The monoisotopic (exact) mass is 341 g/mol. The molecule has 0 fully saturated rings. The van der Waals surface area contributed by atoms with Crippen LogP contribution < -0.4 is 0 Å². The molecule has 2 aromatic heterocycles. The Morgan fingerprint density at radius 2 is 2.11 bits per heavy atom. The summed E-state index contributed by atoms with van der Waals surface area (Å²) in [7, 11) is 0. The minimum Gasteiger partial charge on any atom is -0.441 e. The maximum atomic E-state index is 5.93. The second-order valence-electron chi connectivity index (χ2n) is 3.89. The van der Waals surface area contributed by atoms with Gasteiger partial charge in [-0.25, -0.2) is 4.98 Å². The molecular formula is C13H9BrClNOS. The molecule has 3 aromatic rings. The Morgan fingerprint density at radius 3 is 2.83 bits per heavy atom. The van der Waals surface area contributed by atoms with Gasteiger partial charge in [-0.3, -0.25) is 0 Å². The van der Waals surface area contributed by atoms with Crippen LogP contribution in [0.25, 0.3) is 11.1 Å². The molecule has 0 saturated heterocycles. The quantitative estimate of drug-likeness (QED) is 0.610. The predicted octanol–water partition coefficient (Wildman–Crippen LogP) is 5.22. The van der Waals surface area contributed by atoms with Crippen molar-refractivity contribution in [2.75, 3.05) is 0 Å². The number of thiophene rings is 1. The van der Waals surface area contributed by atoms with E-state index in [9.17, 15) is 0 Å². The number of rotatable bonds is 3. The summed E-state index contributed by atoms with van der Waals surface area (Å²) < 4.78 is 6.50. The maximum Gasteiger partial charge on any atom is 0.196 e. The molecule has 3 rings (SSSR count). The Morgan fingerprint density at radius 1 is 1.28 bits per heavy atom. The van der Waals surface area contributed by atoms with Gasteiger partial charge in [-0.15, -0.1) is 11.3 Å². The second kappa shape index (κ2) is 5.03. The summed E-state index contributed by atoms with van der Waals surface area (Å²) >= 11 is 11.1. The van der Waals surface area contributed by atoms with Crippen LogP contribution in [0, 0.1) is 0 Å². The predicted molar refractivity (Wildman–Crippen MR) is 78.7 cm³/mol. The Bertz CT molecular complexity index is 645. The molecule has 0 aliphatic carbocycles. The maximum absolute atomic E-state index is 5.93. The molecule has 2 nitrogen and oxygen atoms in total. The van der Waals surface area contributed by atoms with Crippen molar-refractivity contribution in [2.24, 2.45) is 0 Å². The van der Waals surface area contributed by atoms with Crippen molar-refractivity contribution in [3.8, 4) is 0 Å². The Kier molecular flexibility index (Phi) is 3.41. The number of aromatic nitrogens is 1. The van der Waals surface area contributed by atoms with Gasteiger partial charge in [0.2, 0.25) is 0 Å². The van der Waals surface area contributed by atoms with Gasteiger partial charge in [-0.05, 0) is 24.3 Å². The molecule has 0 N–H and O–H groups in total. The highest BCUT2D eigenvalue weighted by Gasteiger charge is 2.15. The molecular weight excluding hydrogens is 334 g/mol. The van der Waals surface area contributed by atoms with Crippen LogP contribution in [-0.2, 0) is 6.42 Å². The third-order valence-corrected chi connectivity index (χ3v) is 5.06. The third kappa shape index (κ3) is 2.46. The molecule has 1 unspecified atom stereocenters. The summed E-state index contributed by atoms with van der Waals surface area (Å²) in [4.78, 5) is 5.83. The summed E-state index contributed by atoms with van der Waals surface area (Å²) in [5.41, 5.74) is 1.73. The lowest BCUT2D eigenvalue weighted by molar-refractivity contribution is 0.528. The standard InChI is InChI=1S/C13H9BrClNOS/c14-8(11-5-6-12(15)18-11)7-13-16-9-3-1-2-4-10(9)17-13/h1-6,8H,7H2. The van der Waals surface area contributed by atoms with E-state index in [1.165, 1.54) is 4.88 Å². The first-order valence-corrected chi connectivity index (χ1v) is 7.57. The van der Waals surface area contributed by atoms with Crippen LogP contribution in [0.1, 0.15) is 15.6 Å². The normalized spacial score (nSPS) is 13.0. The SMILES string of the molecule is Clc1ccc(C(Br)Cc2nc3ccccc3o2)s1. The van der Waals surface area contributed by atoms with Crippen molar-refractivity contribution in [3.63, 3.8) is 0 Å². The second-order valence-corrected chi connectivity index (χ2v) is 6.74. The molecule has 2 heterocycles. The molecule has 0 radical (unpaired) electrons. The lowest BCUT2D eigenvalue weighted by Gasteiger charge is -2.03. The zero-order chi connectivity index (χ0) is 12.5. The van der Waals surface area contributed by atoms with Crippen molar-refractivity contribution < 1.29 is 4.42 Å². The number of hydrogen-bond donors (Lipinski definition) is 0. The van der Waals surface area contributed by atoms with Crippen LogP contribution in [0.4, 0.5) is 0 Å². The number of oxazole rings is 1. The van der Waals surface area contributed by atoms with Crippen molar-refractivity contribution in [1.82, 2.24) is 4.98 Å². The van der Waals surface area contributed by atoms with E-state index in [1.807, 2.05) is 36.4 Å². The van der Waals surface area contributed by atoms with Gasteiger partial charge in [0.25, 0.3) is 0 Å². The molecule has 0 aliphatic rings. The van der Waals surface area contributed by atoms with E-state index < -0.39 is 0 Å². The summed E-state index contributed by atoms with van der Waals surface area (Å²) in [6.45, 7) is 0. The highest BCUT2D eigenvalue weighted by Crippen LogP contribution is 2.34. The summed E-state index contributed by atoms with van der Waals surface area (Å²) in [5.74, 6) is 0.739. The van der Waals surface area contributed by atoms with E-state index in [1.54, 1.807) is 11.3 Å². The van der Waals surface area contributed by atoms with Crippen LogP contribution in [0.2, 0.25) is 4.34 Å². The number of benzene rings is 1. The molecule has 1 atom stereocenters. The first-order chi connectivity index (χ1) is 8.72. The zero-order valence-electron chi connectivity index (χ0n) is 9.27. The summed E-state index contributed by atoms with van der Waals surface area (Å²) in [6.07, 6.45) is 0.714. The van der Waals surface area contributed by atoms with Crippen molar-refractivity contribution >= 4 is 50.0 Å². The van der Waals surface area contributed by atoms with Gasteiger partial charge in [0, 0.05) is 11.3 Å². The first-order valence-electron chi connectivity index (χ1n) is 5.46. The van der Waals surface area contributed by atoms with Gasteiger partial charge in [0.05, 0.1) is 9.16 Å². The van der Waals surface area contributed by atoms with Crippen molar-refractivity contribution in [2.45, 2.75) is 11.2 Å². The van der Waals surface area contributed by atoms with E-state index in [-0.39, 0.29) is 4.83 Å². The highest BCUT2D eigenvalue weighted by molar-refractivity contribution is 9.09. The fourth-order valence-electron chi connectivity index (χ4n) is 1.76. The van der Waals surface area contributed by atoms with Gasteiger partial charge in [-0.2, -0.15) is 0 Å². The Hall–Kier alpha value is -0.840. The molecule has 1 aromatic carbocycles. The van der Waals surface area contributed by atoms with E-state index in [0.29, 0.717) is 6.42 Å². The zero-order valence-corrected chi connectivity index (χ0v) is 12.4. The number of fused-ring (bicyclic) bond motifs is 1. The number of para-hydroxylation sites is 2. The highest BCUT2D eigenvalue weighted by atomic mass is 79.9. The molecule has 5 heteroatoms. The Balaban J connectivity index is 1.83. The van der Waals surface area contributed by atoms with Crippen LogP contribution in [-0.4, -0.2) is 4.98 Å². The van der Waals surface area contributed by atoms with E-state index in [2.05, 4.69) is 20.9 Å². The number of alkyl halides is 1. The average molecular weight is 343 g/mol. The fourth-order valence-corrected chi connectivity index (χ4v) is 3.51. The average Bonchev–Trinajstić information content (AvgIpc) is 2.94. The molecule has 92 valence electrons. The van der Waals surface area contributed by atoms with Gasteiger partial charge in [0.15, 0.2) is 11.5 Å². The van der Waals surface area contributed by atoms with Crippen molar-refractivity contribution in [3.05, 3.63) is 51.5 Å². The fraction of sp³-hybridized carbons (Fsp3) is 0.154. The summed E-state index contributed by atoms with van der Waals surface area (Å²) in [5, 5.41) is 0. The lowest BCUT2D eigenvalue weighted by Crippen LogP contribution is -1.92. The van der Waals surface area contributed by atoms with Crippen LogP contribution in [0.3, 0.4) is 0 Å². The topological polar surface area (TPSA) is 26.0 Å². The summed E-state index contributed by atoms with van der Waals surface area (Å²) in [6, 6.07) is 11.7. The minimum atomic E-state index is 0.183. The Labute approximate surface area is 122 Å². The molecule has 0 aliphatic heterocycles. The molecule has 0 bridgehead atoms. The number of nitrogens with zero attached hydrogens (tertiary/aromatic N) is 1. The van der Waals surface area contributed by atoms with Gasteiger partial charge < -0.3 is 4.42 Å². The largest absolute Gasteiger partial charge is 0.441 e. The number of hydrogen-bond acceptors (Lipinski definition) is 3. The smallest absolute Gasteiger partial charge is 0.196 e. The third-order valence-electron chi connectivity index (χ3n) is 2.59. The molecule has 0 amide bonds. The van der Waals surface area contributed by atoms with Gasteiger partial charge in [0.1, 0.15) is 5.52 Å². The molecule has 18 heavy (non-hydrogen) atoms. The lowest BCUT2D eigenvalue weighted by atomic mass is 10.2. The van der Waals surface area contributed by atoms with Gasteiger partial charge >= 0.3 is 0 Å². The molecule has 0 saturated carbocycles. The molecule has 0 spiro atoms. The van der Waals surface area contributed by atoms with Crippen LogP contribution in [0.15, 0.2) is 40.8 Å². The van der Waals surface area contributed by atoms with E-state index in [4.69, 9.17) is 16.0 Å².